The Hall–Kier alpha value is -1.63. The predicted octanol–water partition coefficient (Wildman–Crippen LogP) is 4.50. The highest BCUT2D eigenvalue weighted by Crippen LogP contribution is 2.23. The summed E-state index contributed by atoms with van der Waals surface area (Å²) in [4.78, 5) is 30.8. The number of carbonyl (C=O) groups excluding carboxylic acids is 2. The standard InChI is InChI=1S/C17H19Cl2N3O2S/c1-10(2)7-22(8-15(23)21-17-20-11(3)9-25-17)16(24)13-5-4-12(18)6-14(13)19/h4-6,9-10H,7-8H2,1-3H3,(H,20,21,23). The van der Waals surface area contributed by atoms with Crippen molar-refractivity contribution in [3.63, 3.8) is 0 Å². The second-order valence-electron chi connectivity index (χ2n) is 6.05. The van der Waals surface area contributed by atoms with Gasteiger partial charge >= 0.3 is 0 Å². The van der Waals surface area contributed by atoms with Gasteiger partial charge in [0.15, 0.2) is 5.13 Å². The third-order valence-electron chi connectivity index (χ3n) is 3.23. The molecule has 2 amide bonds. The molecule has 0 saturated carbocycles. The van der Waals surface area contributed by atoms with E-state index < -0.39 is 0 Å². The van der Waals surface area contributed by atoms with Crippen LogP contribution in [0.2, 0.25) is 10.0 Å². The SMILES string of the molecule is Cc1csc(NC(=O)CN(CC(C)C)C(=O)c2ccc(Cl)cc2Cl)n1. The molecular weight excluding hydrogens is 381 g/mol. The van der Waals surface area contributed by atoms with E-state index in [0.29, 0.717) is 22.3 Å². The second-order valence-corrected chi connectivity index (χ2v) is 7.75. The summed E-state index contributed by atoms with van der Waals surface area (Å²) in [5.74, 6) is -0.404. The van der Waals surface area contributed by atoms with E-state index in [-0.39, 0.29) is 29.3 Å². The van der Waals surface area contributed by atoms with Crippen molar-refractivity contribution in [2.45, 2.75) is 20.8 Å². The molecule has 25 heavy (non-hydrogen) atoms. The molecule has 0 saturated heterocycles. The van der Waals surface area contributed by atoms with Gasteiger partial charge < -0.3 is 10.2 Å². The number of benzene rings is 1. The topological polar surface area (TPSA) is 62.3 Å². The van der Waals surface area contributed by atoms with E-state index in [9.17, 15) is 9.59 Å². The molecular formula is C17H19Cl2N3O2S. The first-order valence-corrected chi connectivity index (χ1v) is 9.36. The number of amides is 2. The first-order valence-electron chi connectivity index (χ1n) is 7.72. The molecule has 2 rings (SSSR count). The molecule has 1 N–H and O–H groups in total. The number of hydrogen-bond acceptors (Lipinski definition) is 4. The van der Waals surface area contributed by atoms with E-state index in [0.717, 1.165) is 5.69 Å². The van der Waals surface area contributed by atoms with E-state index in [1.54, 1.807) is 12.1 Å². The number of thiazole rings is 1. The summed E-state index contributed by atoms with van der Waals surface area (Å²) in [6, 6.07) is 4.69. The normalized spacial score (nSPS) is 10.8. The van der Waals surface area contributed by atoms with Crippen molar-refractivity contribution in [1.29, 1.82) is 0 Å². The lowest BCUT2D eigenvalue weighted by Crippen LogP contribution is -2.40. The summed E-state index contributed by atoms with van der Waals surface area (Å²) in [7, 11) is 0. The number of hydrogen-bond donors (Lipinski definition) is 1. The molecule has 8 heteroatoms. The fraction of sp³-hybridized carbons (Fsp3) is 0.353. The highest BCUT2D eigenvalue weighted by Gasteiger charge is 2.22. The fourth-order valence-corrected chi connectivity index (χ4v) is 3.43. The van der Waals surface area contributed by atoms with Crippen LogP contribution in [0.25, 0.3) is 0 Å². The van der Waals surface area contributed by atoms with Gasteiger partial charge in [0.1, 0.15) is 6.54 Å². The molecule has 0 atom stereocenters. The van der Waals surface area contributed by atoms with Crippen LogP contribution in [0.4, 0.5) is 5.13 Å². The minimum absolute atomic E-state index is 0.0748. The van der Waals surface area contributed by atoms with Crippen LogP contribution in [-0.2, 0) is 4.79 Å². The molecule has 0 fully saturated rings. The van der Waals surface area contributed by atoms with Gasteiger partial charge in [-0.2, -0.15) is 0 Å². The van der Waals surface area contributed by atoms with E-state index in [1.807, 2.05) is 26.2 Å². The smallest absolute Gasteiger partial charge is 0.255 e. The Labute approximate surface area is 161 Å². The Kier molecular flexibility index (Phi) is 6.81. The molecule has 0 aliphatic carbocycles. The number of halogens is 2. The van der Waals surface area contributed by atoms with Gasteiger partial charge in [-0.15, -0.1) is 11.3 Å². The Morgan fingerprint density at radius 2 is 2.04 bits per heavy atom. The molecule has 0 aliphatic heterocycles. The summed E-state index contributed by atoms with van der Waals surface area (Å²) in [6.07, 6.45) is 0. The first kappa shape index (κ1) is 19.7. The van der Waals surface area contributed by atoms with Crippen LogP contribution in [0.3, 0.4) is 0 Å². The van der Waals surface area contributed by atoms with Crippen LogP contribution < -0.4 is 5.32 Å². The maximum atomic E-state index is 12.8. The number of aryl methyl sites for hydroxylation is 1. The first-order chi connectivity index (χ1) is 11.8. The molecule has 2 aromatic rings. The summed E-state index contributed by atoms with van der Waals surface area (Å²) < 4.78 is 0. The van der Waals surface area contributed by atoms with E-state index >= 15 is 0 Å². The zero-order chi connectivity index (χ0) is 18.6. The molecule has 5 nitrogen and oxygen atoms in total. The lowest BCUT2D eigenvalue weighted by molar-refractivity contribution is -0.117. The van der Waals surface area contributed by atoms with Gasteiger partial charge in [0.05, 0.1) is 16.3 Å². The summed E-state index contributed by atoms with van der Waals surface area (Å²) in [5.41, 5.74) is 1.16. The summed E-state index contributed by atoms with van der Waals surface area (Å²) >= 11 is 13.4. The van der Waals surface area contributed by atoms with Crippen molar-refractivity contribution in [2.24, 2.45) is 5.92 Å². The number of nitrogens with zero attached hydrogens (tertiary/aromatic N) is 2. The van der Waals surface area contributed by atoms with Crippen molar-refractivity contribution >= 4 is 51.5 Å². The predicted molar refractivity (Wildman–Crippen MR) is 103 cm³/mol. The third kappa shape index (κ3) is 5.70. The van der Waals surface area contributed by atoms with Gasteiger partial charge in [0.25, 0.3) is 5.91 Å². The van der Waals surface area contributed by atoms with Crippen LogP contribution in [0.1, 0.15) is 29.9 Å². The van der Waals surface area contributed by atoms with Gasteiger partial charge in [0, 0.05) is 16.9 Å². The van der Waals surface area contributed by atoms with Crippen molar-refractivity contribution in [3.05, 3.63) is 44.9 Å². The Morgan fingerprint density at radius 3 is 2.60 bits per heavy atom. The fourth-order valence-electron chi connectivity index (χ4n) is 2.24. The molecule has 1 heterocycles. The number of aromatic nitrogens is 1. The Morgan fingerprint density at radius 1 is 1.32 bits per heavy atom. The Bertz CT molecular complexity index is 777. The molecule has 0 spiro atoms. The second kappa shape index (κ2) is 8.65. The molecule has 0 bridgehead atoms. The van der Waals surface area contributed by atoms with Gasteiger partial charge in [-0.05, 0) is 31.0 Å². The molecule has 134 valence electrons. The van der Waals surface area contributed by atoms with E-state index in [2.05, 4.69) is 10.3 Å². The van der Waals surface area contributed by atoms with E-state index in [1.165, 1.54) is 22.3 Å². The maximum absolute atomic E-state index is 12.8. The number of rotatable bonds is 6. The van der Waals surface area contributed by atoms with Gasteiger partial charge in [0.2, 0.25) is 5.91 Å². The van der Waals surface area contributed by atoms with Crippen molar-refractivity contribution < 1.29 is 9.59 Å². The summed E-state index contributed by atoms with van der Waals surface area (Å²) in [6.45, 7) is 6.16. The minimum atomic E-state index is -0.305. The molecule has 0 aliphatic rings. The average molecular weight is 400 g/mol. The van der Waals surface area contributed by atoms with Crippen LogP contribution >= 0.6 is 34.5 Å². The molecule has 1 aromatic carbocycles. The third-order valence-corrected chi connectivity index (χ3v) is 4.66. The monoisotopic (exact) mass is 399 g/mol. The molecule has 0 unspecified atom stereocenters. The van der Waals surface area contributed by atoms with E-state index in [4.69, 9.17) is 23.2 Å². The Balaban J connectivity index is 2.14. The molecule has 0 radical (unpaired) electrons. The lowest BCUT2D eigenvalue weighted by Gasteiger charge is -2.24. The van der Waals surface area contributed by atoms with Gasteiger partial charge in [-0.3, -0.25) is 9.59 Å². The zero-order valence-corrected chi connectivity index (χ0v) is 16.5. The van der Waals surface area contributed by atoms with Crippen molar-refractivity contribution in [1.82, 2.24) is 9.88 Å². The van der Waals surface area contributed by atoms with Crippen molar-refractivity contribution in [3.8, 4) is 0 Å². The highest BCUT2D eigenvalue weighted by molar-refractivity contribution is 7.13. The van der Waals surface area contributed by atoms with Gasteiger partial charge in [-0.25, -0.2) is 4.98 Å². The largest absolute Gasteiger partial charge is 0.329 e. The average Bonchev–Trinajstić information content (AvgIpc) is 2.90. The maximum Gasteiger partial charge on any atom is 0.255 e. The number of anilines is 1. The quantitative estimate of drug-likeness (QED) is 0.777. The lowest BCUT2D eigenvalue weighted by atomic mass is 10.1. The minimum Gasteiger partial charge on any atom is -0.329 e. The van der Waals surface area contributed by atoms with Crippen LogP contribution in [0.5, 0.6) is 0 Å². The van der Waals surface area contributed by atoms with Crippen molar-refractivity contribution in [2.75, 3.05) is 18.4 Å². The highest BCUT2D eigenvalue weighted by atomic mass is 35.5. The van der Waals surface area contributed by atoms with Crippen LogP contribution in [0.15, 0.2) is 23.6 Å². The summed E-state index contributed by atoms with van der Waals surface area (Å²) in [5, 5.41) is 5.80. The number of carbonyl (C=O) groups is 2. The molecule has 1 aromatic heterocycles. The van der Waals surface area contributed by atoms with Crippen LogP contribution in [0, 0.1) is 12.8 Å². The van der Waals surface area contributed by atoms with Crippen LogP contribution in [-0.4, -0.2) is 34.8 Å². The number of nitrogens with one attached hydrogen (secondary N) is 1. The zero-order valence-electron chi connectivity index (χ0n) is 14.2. The van der Waals surface area contributed by atoms with Gasteiger partial charge in [-0.1, -0.05) is 37.0 Å².